The minimum absolute atomic E-state index is 0.123. The molecule has 2 aromatic carbocycles. The molecule has 1 heterocycles. The number of amidine groups is 1. The van der Waals surface area contributed by atoms with Crippen molar-refractivity contribution in [3.05, 3.63) is 65.7 Å². The first-order valence-electron chi connectivity index (χ1n) is 8.13. The summed E-state index contributed by atoms with van der Waals surface area (Å²) in [6, 6.07) is 19.1. The number of anilines is 1. The van der Waals surface area contributed by atoms with Gasteiger partial charge in [0.1, 0.15) is 5.84 Å². The summed E-state index contributed by atoms with van der Waals surface area (Å²) in [5.41, 5.74) is 8.89. The Bertz CT molecular complexity index is 643. The van der Waals surface area contributed by atoms with Gasteiger partial charge >= 0.3 is 0 Å². The van der Waals surface area contributed by atoms with Crippen molar-refractivity contribution in [3.8, 4) is 0 Å². The highest BCUT2D eigenvalue weighted by Gasteiger charge is 2.22. The molecule has 0 spiro atoms. The molecule has 0 bridgehead atoms. The maximum absolute atomic E-state index is 7.46. The van der Waals surface area contributed by atoms with E-state index in [0.29, 0.717) is 6.04 Å². The highest BCUT2D eigenvalue weighted by Crippen LogP contribution is 2.23. The topological polar surface area (TPSA) is 56.4 Å². The standard InChI is InChI=1S/C19H24N4/c1-15(16-5-3-2-4-6-16)22-11-13-23(14-12-22)18-9-7-17(8-10-18)19(20)21/h2-10,15H,11-14H2,1H3,(H3,20,21). The number of benzene rings is 2. The largest absolute Gasteiger partial charge is 0.384 e. The van der Waals surface area contributed by atoms with Crippen LogP contribution >= 0.6 is 0 Å². The third kappa shape index (κ3) is 3.54. The second-order valence-corrected chi connectivity index (χ2v) is 6.07. The minimum atomic E-state index is 0.123. The maximum atomic E-state index is 7.46. The molecule has 0 amide bonds. The van der Waals surface area contributed by atoms with Crippen LogP contribution in [0.1, 0.15) is 24.1 Å². The van der Waals surface area contributed by atoms with Gasteiger partial charge in [-0.05, 0) is 36.8 Å². The summed E-state index contributed by atoms with van der Waals surface area (Å²) in [5.74, 6) is 0.123. The number of hydrogen-bond acceptors (Lipinski definition) is 3. The van der Waals surface area contributed by atoms with Crippen LogP contribution in [0.25, 0.3) is 0 Å². The maximum Gasteiger partial charge on any atom is 0.122 e. The van der Waals surface area contributed by atoms with Crippen molar-refractivity contribution in [3.63, 3.8) is 0 Å². The predicted octanol–water partition coefficient (Wildman–Crippen LogP) is 2.85. The van der Waals surface area contributed by atoms with E-state index in [9.17, 15) is 0 Å². The van der Waals surface area contributed by atoms with E-state index in [1.54, 1.807) is 0 Å². The Labute approximate surface area is 138 Å². The molecule has 2 aromatic rings. The number of hydrogen-bond donors (Lipinski definition) is 2. The monoisotopic (exact) mass is 308 g/mol. The van der Waals surface area contributed by atoms with E-state index in [1.165, 1.54) is 11.3 Å². The van der Waals surface area contributed by atoms with E-state index in [0.717, 1.165) is 31.7 Å². The van der Waals surface area contributed by atoms with Crippen molar-refractivity contribution >= 4 is 11.5 Å². The SMILES string of the molecule is CC(c1ccccc1)N1CCN(c2ccc(C(=N)N)cc2)CC1. The van der Waals surface area contributed by atoms with E-state index in [1.807, 2.05) is 12.1 Å². The molecule has 1 unspecified atom stereocenters. The van der Waals surface area contributed by atoms with Crippen molar-refractivity contribution in [1.82, 2.24) is 4.90 Å². The molecule has 0 aliphatic carbocycles. The van der Waals surface area contributed by atoms with Gasteiger partial charge in [0.05, 0.1) is 0 Å². The van der Waals surface area contributed by atoms with Crippen molar-refractivity contribution in [2.75, 3.05) is 31.1 Å². The van der Waals surface area contributed by atoms with Crippen LogP contribution in [0.3, 0.4) is 0 Å². The van der Waals surface area contributed by atoms with Gasteiger partial charge in [0, 0.05) is 43.5 Å². The molecule has 120 valence electrons. The first kappa shape index (κ1) is 15.6. The summed E-state index contributed by atoms with van der Waals surface area (Å²) in [4.78, 5) is 4.94. The normalized spacial score (nSPS) is 17.0. The molecule has 23 heavy (non-hydrogen) atoms. The zero-order valence-electron chi connectivity index (χ0n) is 13.6. The third-order valence-electron chi connectivity index (χ3n) is 4.69. The summed E-state index contributed by atoms with van der Waals surface area (Å²) in [5, 5.41) is 7.46. The Hall–Kier alpha value is -2.33. The van der Waals surface area contributed by atoms with E-state index in [-0.39, 0.29) is 5.84 Å². The predicted molar refractivity (Wildman–Crippen MR) is 96.1 cm³/mol. The van der Waals surface area contributed by atoms with E-state index >= 15 is 0 Å². The molecule has 1 aliphatic rings. The Kier molecular flexibility index (Phi) is 4.63. The molecule has 1 saturated heterocycles. The first-order chi connectivity index (χ1) is 11.1. The van der Waals surface area contributed by atoms with Crippen molar-refractivity contribution < 1.29 is 0 Å². The smallest absolute Gasteiger partial charge is 0.122 e. The number of rotatable bonds is 4. The molecule has 1 atom stereocenters. The van der Waals surface area contributed by atoms with Crippen LogP contribution in [0, 0.1) is 5.41 Å². The summed E-state index contributed by atoms with van der Waals surface area (Å²) < 4.78 is 0. The average molecular weight is 308 g/mol. The lowest BCUT2D eigenvalue weighted by atomic mass is 10.1. The van der Waals surface area contributed by atoms with Crippen LogP contribution in [-0.2, 0) is 0 Å². The number of nitrogen functional groups attached to an aromatic ring is 1. The number of nitrogens with one attached hydrogen (secondary N) is 1. The molecule has 1 fully saturated rings. The van der Waals surface area contributed by atoms with Gasteiger partial charge in [0.2, 0.25) is 0 Å². The highest BCUT2D eigenvalue weighted by atomic mass is 15.3. The molecule has 0 aromatic heterocycles. The van der Waals surface area contributed by atoms with Crippen LogP contribution in [0.2, 0.25) is 0 Å². The quantitative estimate of drug-likeness (QED) is 0.674. The van der Waals surface area contributed by atoms with Crippen LogP contribution in [0.4, 0.5) is 5.69 Å². The highest BCUT2D eigenvalue weighted by molar-refractivity contribution is 5.95. The molecule has 3 N–H and O–H groups in total. The first-order valence-corrected chi connectivity index (χ1v) is 8.13. The number of nitrogens with two attached hydrogens (primary N) is 1. The molecule has 0 saturated carbocycles. The molecular formula is C19H24N4. The van der Waals surface area contributed by atoms with Crippen LogP contribution < -0.4 is 10.6 Å². The van der Waals surface area contributed by atoms with Gasteiger partial charge in [0.15, 0.2) is 0 Å². The molecule has 0 radical (unpaired) electrons. The lowest BCUT2D eigenvalue weighted by molar-refractivity contribution is 0.198. The molecule has 1 aliphatic heterocycles. The van der Waals surface area contributed by atoms with Crippen molar-refractivity contribution in [1.29, 1.82) is 5.41 Å². The fraction of sp³-hybridized carbons (Fsp3) is 0.316. The Morgan fingerprint density at radius 1 is 0.957 bits per heavy atom. The Balaban J connectivity index is 1.61. The average Bonchev–Trinajstić information content (AvgIpc) is 2.62. The Morgan fingerprint density at radius 3 is 2.13 bits per heavy atom. The minimum Gasteiger partial charge on any atom is -0.384 e. The van der Waals surface area contributed by atoms with E-state index in [2.05, 4.69) is 59.2 Å². The summed E-state index contributed by atoms with van der Waals surface area (Å²) in [6.07, 6.45) is 0. The molecule has 4 nitrogen and oxygen atoms in total. The van der Waals surface area contributed by atoms with Gasteiger partial charge in [-0.3, -0.25) is 10.3 Å². The van der Waals surface area contributed by atoms with Crippen LogP contribution in [0.15, 0.2) is 54.6 Å². The van der Waals surface area contributed by atoms with Crippen molar-refractivity contribution in [2.24, 2.45) is 5.73 Å². The van der Waals surface area contributed by atoms with Gasteiger partial charge in [-0.2, -0.15) is 0 Å². The summed E-state index contributed by atoms with van der Waals surface area (Å²) in [6.45, 7) is 6.45. The van der Waals surface area contributed by atoms with Crippen molar-refractivity contribution in [2.45, 2.75) is 13.0 Å². The summed E-state index contributed by atoms with van der Waals surface area (Å²) in [7, 11) is 0. The zero-order chi connectivity index (χ0) is 16.2. The third-order valence-corrected chi connectivity index (χ3v) is 4.69. The number of piperazine rings is 1. The van der Waals surface area contributed by atoms with Gasteiger partial charge in [-0.15, -0.1) is 0 Å². The molecule has 4 heteroatoms. The lowest BCUT2D eigenvalue weighted by Gasteiger charge is -2.39. The lowest BCUT2D eigenvalue weighted by Crippen LogP contribution is -2.47. The number of nitrogens with zero attached hydrogens (tertiary/aromatic N) is 2. The molecular weight excluding hydrogens is 284 g/mol. The second-order valence-electron chi connectivity index (χ2n) is 6.07. The van der Waals surface area contributed by atoms with Gasteiger partial charge in [-0.1, -0.05) is 30.3 Å². The van der Waals surface area contributed by atoms with E-state index < -0.39 is 0 Å². The van der Waals surface area contributed by atoms with Gasteiger partial charge in [-0.25, -0.2) is 0 Å². The van der Waals surface area contributed by atoms with Crippen LogP contribution in [0.5, 0.6) is 0 Å². The van der Waals surface area contributed by atoms with Gasteiger partial charge < -0.3 is 10.6 Å². The fourth-order valence-electron chi connectivity index (χ4n) is 3.16. The second kappa shape index (κ2) is 6.84. The summed E-state index contributed by atoms with van der Waals surface area (Å²) >= 11 is 0. The van der Waals surface area contributed by atoms with Crippen LogP contribution in [-0.4, -0.2) is 36.9 Å². The fourth-order valence-corrected chi connectivity index (χ4v) is 3.16. The molecule has 3 rings (SSSR count). The van der Waals surface area contributed by atoms with E-state index in [4.69, 9.17) is 11.1 Å². The van der Waals surface area contributed by atoms with Gasteiger partial charge in [0.25, 0.3) is 0 Å². The Morgan fingerprint density at radius 2 is 1.57 bits per heavy atom. The zero-order valence-corrected chi connectivity index (χ0v) is 13.6.